The first-order chi connectivity index (χ1) is 19.0. The van der Waals surface area contributed by atoms with E-state index < -0.39 is 33.2 Å². The van der Waals surface area contributed by atoms with Crippen LogP contribution in [0.3, 0.4) is 0 Å². The van der Waals surface area contributed by atoms with Crippen LogP contribution in [0.25, 0.3) is 10.6 Å². The normalized spacial score (nSPS) is 23.6. The molecule has 0 spiro atoms. The zero-order chi connectivity index (χ0) is 27.8. The van der Waals surface area contributed by atoms with Gasteiger partial charge in [0.25, 0.3) is 5.91 Å². The summed E-state index contributed by atoms with van der Waals surface area (Å²) in [7, 11) is -3.85. The van der Waals surface area contributed by atoms with Gasteiger partial charge in [0.1, 0.15) is 10.4 Å². The maximum atomic E-state index is 14.0. The Balaban J connectivity index is 1.25. The summed E-state index contributed by atoms with van der Waals surface area (Å²) in [6.07, 6.45) is -0.838. The Kier molecular flexibility index (Phi) is 5.88. The number of aromatic nitrogens is 2. The minimum absolute atomic E-state index is 0.0445. The highest BCUT2D eigenvalue weighted by Gasteiger charge is 2.39. The second-order valence-corrected chi connectivity index (χ2v) is 13.8. The van der Waals surface area contributed by atoms with Gasteiger partial charge in [-0.1, -0.05) is 0 Å². The topological polar surface area (TPSA) is 116 Å². The summed E-state index contributed by atoms with van der Waals surface area (Å²) in [5.41, 5.74) is 1.33. The number of rotatable bonds is 5. The Hall–Kier alpha value is -3.23. The van der Waals surface area contributed by atoms with Gasteiger partial charge in [-0.05, 0) is 55.0 Å². The Morgan fingerprint density at radius 1 is 1.12 bits per heavy atom. The molecule has 3 aromatic rings. The molecule has 6 heterocycles. The number of anilines is 3. The van der Waals surface area contributed by atoms with Gasteiger partial charge < -0.3 is 20.9 Å². The van der Waals surface area contributed by atoms with Crippen molar-refractivity contribution in [2.75, 3.05) is 35.6 Å². The summed E-state index contributed by atoms with van der Waals surface area (Å²) in [5, 5.41) is 9.12. The number of benzene rings is 1. The molecule has 14 heteroatoms. The lowest BCUT2D eigenvalue weighted by atomic mass is 9.90. The monoisotopic (exact) mass is 590 g/mol. The number of halogens is 3. The van der Waals surface area contributed by atoms with Crippen LogP contribution in [-0.2, 0) is 16.0 Å². The summed E-state index contributed by atoms with van der Waals surface area (Å²) in [4.78, 5) is 22.5. The van der Waals surface area contributed by atoms with Crippen LogP contribution in [0.1, 0.15) is 46.0 Å². The molecule has 3 N–H and O–H groups in total. The minimum Gasteiger partial charge on any atom is -0.368 e. The molecule has 2 aromatic heterocycles. The molecule has 8 rings (SSSR count). The van der Waals surface area contributed by atoms with Crippen molar-refractivity contribution in [3.05, 3.63) is 46.5 Å². The van der Waals surface area contributed by atoms with E-state index in [1.807, 2.05) is 12.1 Å². The molecule has 3 saturated heterocycles. The highest BCUT2D eigenvalue weighted by atomic mass is 32.2. The van der Waals surface area contributed by atoms with Crippen LogP contribution in [-0.4, -0.2) is 61.8 Å². The quantitative estimate of drug-likeness (QED) is 0.410. The van der Waals surface area contributed by atoms with E-state index in [9.17, 15) is 26.4 Å². The molecule has 5 aliphatic rings. The summed E-state index contributed by atoms with van der Waals surface area (Å²) in [6.45, 7) is 1.82. The maximum absolute atomic E-state index is 14.0. The predicted octanol–water partition coefficient (Wildman–Crippen LogP) is 3.91. The number of fused-ring (bicyclic) bond motifs is 3. The highest BCUT2D eigenvalue weighted by molar-refractivity contribution is 7.91. The van der Waals surface area contributed by atoms with Crippen molar-refractivity contribution in [2.24, 2.45) is 0 Å². The third kappa shape index (κ3) is 4.61. The molecule has 2 bridgehead atoms. The molecule has 1 saturated carbocycles. The standard InChI is InChI=1S/C26H25F3N6O3S2/c27-26(28,29)18-10-31-25(34-22(18)20-9-21-23(39-20)24(36)30-5-6-40(21,37)38)33-19-4-3-16(8-17(19)13-1-2-13)35-11-14-7-15(12-35)32-14/h3-4,8-10,13-15,32H,1-2,5-7,11-12H2,(H,30,36)(H,31,33,34). The Morgan fingerprint density at radius 2 is 1.88 bits per heavy atom. The van der Waals surface area contributed by atoms with E-state index in [2.05, 4.69) is 36.9 Å². The first kappa shape index (κ1) is 25.7. The fourth-order valence-electron chi connectivity index (χ4n) is 5.64. The highest BCUT2D eigenvalue weighted by Crippen LogP contribution is 2.46. The number of alkyl halides is 3. The van der Waals surface area contributed by atoms with Crippen LogP contribution in [0, 0.1) is 0 Å². The molecule has 1 aromatic carbocycles. The number of thiophene rings is 1. The lowest BCUT2D eigenvalue weighted by Gasteiger charge is -2.49. The van der Waals surface area contributed by atoms with Crippen LogP contribution >= 0.6 is 11.3 Å². The summed E-state index contributed by atoms with van der Waals surface area (Å²) >= 11 is 0.677. The number of amides is 1. The van der Waals surface area contributed by atoms with Crippen molar-refractivity contribution < 1.29 is 26.4 Å². The molecule has 0 radical (unpaired) electrons. The van der Waals surface area contributed by atoms with E-state index in [0.717, 1.165) is 48.9 Å². The summed E-state index contributed by atoms with van der Waals surface area (Å²) < 4.78 is 67.4. The molecule has 4 fully saturated rings. The number of sulfone groups is 1. The van der Waals surface area contributed by atoms with E-state index in [-0.39, 0.29) is 32.9 Å². The van der Waals surface area contributed by atoms with Gasteiger partial charge in [0.05, 0.1) is 21.2 Å². The van der Waals surface area contributed by atoms with Crippen LogP contribution < -0.4 is 20.9 Å². The number of hydrogen-bond donors (Lipinski definition) is 3. The lowest BCUT2D eigenvalue weighted by molar-refractivity contribution is -0.137. The maximum Gasteiger partial charge on any atom is 0.420 e. The van der Waals surface area contributed by atoms with Crippen molar-refractivity contribution in [3.63, 3.8) is 0 Å². The Labute approximate surface area is 232 Å². The smallest absolute Gasteiger partial charge is 0.368 e. The Morgan fingerprint density at radius 3 is 2.58 bits per heavy atom. The van der Waals surface area contributed by atoms with Gasteiger partial charge in [0.2, 0.25) is 5.95 Å². The molecule has 2 unspecified atom stereocenters. The molecule has 4 aliphatic heterocycles. The first-order valence-electron chi connectivity index (χ1n) is 13.1. The second-order valence-electron chi connectivity index (χ2n) is 10.7. The van der Waals surface area contributed by atoms with Gasteiger partial charge in [0, 0.05) is 49.3 Å². The fraction of sp³-hybridized carbons (Fsp3) is 0.423. The Bertz CT molecular complexity index is 1620. The van der Waals surface area contributed by atoms with Crippen LogP contribution in [0.15, 0.2) is 35.4 Å². The van der Waals surface area contributed by atoms with E-state index in [4.69, 9.17) is 0 Å². The minimum atomic E-state index is -4.79. The molecule has 9 nitrogen and oxygen atoms in total. The van der Waals surface area contributed by atoms with Crippen LogP contribution in [0.4, 0.5) is 30.5 Å². The van der Waals surface area contributed by atoms with Gasteiger partial charge in [-0.2, -0.15) is 13.2 Å². The fourth-order valence-corrected chi connectivity index (χ4v) is 8.46. The molecular formula is C26H25F3N6O3S2. The molecule has 40 heavy (non-hydrogen) atoms. The average molecular weight is 591 g/mol. The zero-order valence-electron chi connectivity index (χ0n) is 21.1. The van der Waals surface area contributed by atoms with Gasteiger partial charge in [-0.3, -0.25) is 4.79 Å². The van der Waals surface area contributed by atoms with Gasteiger partial charge >= 0.3 is 6.18 Å². The largest absolute Gasteiger partial charge is 0.420 e. The van der Waals surface area contributed by atoms with E-state index in [0.29, 0.717) is 35.5 Å². The number of carbonyl (C=O) groups excluding carboxylic acids is 1. The van der Waals surface area contributed by atoms with E-state index in [1.165, 1.54) is 6.42 Å². The zero-order valence-corrected chi connectivity index (χ0v) is 22.7. The van der Waals surface area contributed by atoms with Crippen molar-refractivity contribution in [1.29, 1.82) is 0 Å². The van der Waals surface area contributed by atoms with Gasteiger partial charge in [-0.15, -0.1) is 11.3 Å². The lowest BCUT2D eigenvalue weighted by Crippen LogP contribution is -2.67. The summed E-state index contributed by atoms with van der Waals surface area (Å²) in [6, 6.07) is 8.20. The first-order valence-corrected chi connectivity index (χ1v) is 15.5. The van der Waals surface area contributed by atoms with Crippen molar-refractivity contribution in [1.82, 2.24) is 20.6 Å². The average Bonchev–Trinajstić information content (AvgIpc) is 3.65. The third-order valence-electron chi connectivity index (χ3n) is 7.81. The van der Waals surface area contributed by atoms with Crippen molar-refractivity contribution >= 4 is 44.4 Å². The van der Waals surface area contributed by atoms with Crippen molar-refractivity contribution in [2.45, 2.75) is 48.3 Å². The number of hydrogen-bond acceptors (Lipinski definition) is 9. The number of piperazine rings is 1. The molecule has 1 aliphatic carbocycles. The number of piperidine rings is 1. The number of carbonyl (C=O) groups is 1. The van der Waals surface area contributed by atoms with Gasteiger partial charge in [0.15, 0.2) is 9.84 Å². The third-order valence-corrected chi connectivity index (χ3v) is 10.8. The summed E-state index contributed by atoms with van der Waals surface area (Å²) in [5.74, 6) is -0.661. The van der Waals surface area contributed by atoms with Crippen molar-refractivity contribution in [3.8, 4) is 10.6 Å². The van der Waals surface area contributed by atoms with E-state index in [1.54, 1.807) is 0 Å². The van der Waals surface area contributed by atoms with Crippen LogP contribution in [0.5, 0.6) is 0 Å². The molecular weight excluding hydrogens is 565 g/mol. The van der Waals surface area contributed by atoms with Gasteiger partial charge in [-0.25, -0.2) is 18.4 Å². The number of nitrogens with one attached hydrogen (secondary N) is 3. The SMILES string of the molecule is O=C1NCCS(=O)(=O)c2cc(-c3nc(Nc4ccc(N5CC6CC(C5)N6)cc4C4CC4)ncc3C(F)(F)F)sc21. The predicted molar refractivity (Wildman–Crippen MR) is 144 cm³/mol. The van der Waals surface area contributed by atoms with E-state index >= 15 is 0 Å². The van der Waals surface area contributed by atoms with Crippen LogP contribution in [0.2, 0.25) is 0 Å². The number of nitrogens with zero attached hydrogens (tertiary/aromatic N) is 3. The molecule has 1 amide bonds. The second kappa shape index (κ2) is 9.14. The molecule has 2 atom stereocenters. The molecule has 210 valence electrons.